The lowest BCUT2D eigenvalue weighted by molar-refractivity contribution is -0.143. The molecule has 1 saturated heterocycles. The van der Waals surface area contributed by atoms with Crippen LogP contribution < -0.4 is 5.32 Å². The van der Waals surface area contributed by atoms with Gasteiger partial charge in [0.15, 0.2) is 0 Å². The Kier molecular flexibility index (Phi) is 4.59. The van der Waals surface area contributed by atoms with Crippen LogP contribution in [-0.2, 0) is 4.79 Å². The first kappa shape index (κ1) is 17.6. The van der Waals surface area contributed by atoms with Crippen LogP contribution in [0, 0.1) is 11.8 Å². The predicted octanol–water partition coefficient (Wildman–Crippen LogP) is 2.48. The maximum atomic E-state index is 12.6. The third-order valence-electron chi connectivity index (χ3n) is 5.45. The summed E-state index contributed by atoms with van der Waals surface area (Å²) in [7, 11) is 0. The van der Waals surface area contributed by atoms with E-state index in [0.717, 1.165) is 17.7 Å². The van der Waals surface area contributed by atoms with Crippen LogP contribution in [0.4, 0.5) is 4.79 Å². The molecule has 2 heterocycles. The molecular formula is C20H24N4O3. The first-order valence-electron chi connectivity index (χ1n) is 9.39. The number of carboxylic acids is 1. The highest BCUT2D eigenvalue weighted by Gasteiger charge is 2.42. The zero-order valence-corrected chi connectivity index (χ0v) is 15.3. The Hall–Kier alpha value is -2.83. The van der Waals surface area contributed by atoms with Crippen molar-refractivity contribution in [1.29, 1.82) is 0 Å². The van der Waals surface area contributed by atoms with Crippen molar-refractivity contribution in [2.75, 3.05) is 13.1 Å². The average molecular weight is 368 g/mol. The van der Waals surface area contributed by atoms with Gasteiger partial charge in [0.05, 0.1) is 17.8 Å². The van der Waals surface area contributed by atoms with E-state index < -0.39 is 11.9 Å². The Morgan fingerprint density at radius 2 is 1.96 bits per heavy atom. The molecule has 1 aromatic heterocycles. The molecule has 4 atom stereocenters. The van der Waals surface area contributed by atoms with Gasteiger partial charge in [0, 0.05) is 31.2 Å². The molecule has 1 aliphatic heterocycles. The summed E-state index contributed by atoms with van der Waals surface area (Å²) in [5, 5.41) is 16.7. The van der Waals surface area contributed by atoms with Gasteiger partial charge in [-0.15, -0.1) is 0 Å². The number of carbonyl (C=O) groups excluding carboxylic acids is 1. The molecule has 27 heavy (non-hydrogen) atoms. The van der Waals surface area contributed by atoms with E-state index in [-0.39, 0.29) is 30.5 Å². The molecule has 1 saturated carbocycles. The lowest BCUT2D eigenvalue weighted by Gasteiger charge is -2.34. The zero-order chi connectivity index (χ0) is 19.0. The van der Waals surface area contributed by atoms with Gasteiger partial charge in [-0.2, -0.15) is 5.10 Å². The van der Waals surface area contributed by atoms with Crippen LogP contribution in [-0.4, -0.2) is 50.9 Å². The van der Waals surface area contributed by atoms with Crippen molar-refractivity contribution in [2.45, 2.75) is 31.7 Å². The second-order valence-electron chi connectivity index (χ2n) is 7.73. The normalized spacial score (nSPS) is 27.2. The molecule has 0 spiro atoms. The third kappa shape index (κ3) is 3.82. The Balaban J connectivity index is 1.35. The molecular weight excluding hydrogens is 344 g/mol. The van der Waals surface area contributed by atoms with Crippen LogP contribution in [0.1, 0.15) is 31.2 Å². The summed E-state index contributed by atoms with van der Waals surface area (Å²) in [5.41, 5.74) is 2.12. The number of aromatic nitrogens is 2. The number of benzene rings is 1. The smallest absolute Gasteiger partial charge is 0.317 e. The van der Waals surface area contributed by atoms with Gasteiger partial charge in [-0.25, -0.2) is 9.48 Å². The second-order valence-corrected chi connectivity index (χ2v) is 7.73. The number of hydrogen-bond acceptors (Lipinski definition) is 3. The Morgan fingerprint density at radius 3 is 2.70 bits per heavy atom. The van der Waals surface area contributed by atoms with Crippen LogP contribution in [0.25, 0.3) is 5.69 Å². The van der Waals surface area contributed by atoms with Crippen molar-refractivity contribution < 1.29 is 14.7 Å². The highest BCUT2D eigenvalue weighted by molar-refractivity contribution is 5.77. The summed E-state index contributed by atoms with van der Waals surface area (Å²) < 4.78 is 1.84. The lowest BCUT2D eigenvalue weighted by atomic mass is 9.91. The minimum Gasteiger partial charge on any atom is -0.481 e. The van der Waals surface area contributed by atoms with Crippen molar-refractivity contribution in [3.8, 4) is 5.69 Å². The zero-order valence-electron chi connectivity index (χ0n) is 15.3. The third-order valence-corrected chi connectivity index (χ3v) is 5.45. The van der Waals surface area contributed by atoms with Gasteiger partial charge in [-0.05, 0) is 36.5 Å². The summed E-state index contributed by atoms with van der Waals surface area (Å²) in [5.74, 6) is -0.829. The molecule has 4 rings (SSSR count). The lowest BCUT2D eigenvalue weighted by Crippen LogP contribution is -2.50. The minimum absolute atomic E-state index is 0.0893. The van der Waals surface area contributed by atoms with Crippen molar-refractivity contribution in [3.63, 3.8) is 0 Å². The van der Waals surface area contributed by atoms with Crippen molar-refractivity contribution in [1.82, 2.24) is 20.0 Å². The monoisotopic (exact) mass is 368 g/mol. The van der Waals surface area contributed by atoms with Crippen molar-refractivity contribution in [3.05, 3.63) is 48.3 Å². The van der Waals surface area contributed by atoms with Gasteiger partial charge in [-0.1, -0.05) is 25.1 Å². The average Bonchev–Trinajstić information content (AvgIpc) is 3.24. The molecule has 2 fully saturated rings. The number of hydrogen-bond donors (Lipinski definition) is 2. The molecule has 2 N–H and O–H groups in total. The number of carboxylic acid groups (broad SMARTS) is 1. The van der Waals surface area contributed by atoms with E-state index in [4.69, 9.17) is 0 Å². The standard InChI is InChI=1S/C20H24N4O3/c1-13-7-14(19(25)26)11-23(10-13)20(27)22-18-8-17(18)15-9-21-24(12-15)16-5-3-2-4-6-16/h2-6,9,12-14,17-18H,7-8,10-11H2,1H3,(H,22,27)(H,25,26)/t13?,14?,17-,18+/m0/s1. The Morgan fingerprint density at radius 1 is 1.19 bits per heavy atom. The van der Waals surface area contributed by atoms with Crippen LogP contribution in [0.15, 0.2) is 42.7 Å². The highest BCUT2D eigenvalue weighted by Crippen LogP contribution is 2.41. The quantitative estimate of drug-likeness (QED) is 0.868. The van der Waals surface area contributed by atoms with E-state index in [9.17, 15) is 14.7 Å². The van der Waals surface area contributed by atoms with E-state index in [1.165, 1.54) is 0 Å². The minimum atomic E-state index is -0.822. The Labute approximate surface area is 158 Å². The van der Waals surface area contributed by atoms with Gasteiger partial charge in [0.2, 0.25) is 0 Å². The first-order valence-corrected chi connectivity index (χ1v) is 9.39. The summed E-state index contributed by atoms with van der Waals surface area (Å²) in [6, 6.07) is 9.85. The topological polar surface area (TPSA) is 87.5 Å². The number of carbonyl (C=O) groups is 2. The number of para-hydroxylation sites is 1. The molecule has 2 amide bonds. The van der Waals surface area contributed by atoms with E-state index in [1.54, 1.807) is 4.90 Å². The summed E-state index contributed by atoms with van der Waals surface area (Å²) in [4.78, 5) is 25.5. The number of nitrogens with one attached hydrogen (secondary N) is 1. The van der Waals surface area contributed by atoms with Gasteiger partial charge in [0.1, 0.15) is 0 Å². The summed E-state index contributed by atoms with van der Waals surface area (Å²) in [6.45, 7) is 2.89. The Bertz CT molecular complexity index is 835. The van der Waals surface area contributed by atoms with Gasteiger partial charge in [-0.3, -0.25) is 4.79 Å². The van der Waals surface area contributed by atoms with Crippen LogP contribution in [0.2, 0.25) is 0 Å². The fourth-order valence-corrected chi connectivity index (χ4v) is 3.92. The van der Waals surface area contributed by atoms with E-state index in [2.05, 4.69) is 10.4 Å². The highest BCUT2D eigenvalue weighted by atomic mass is 16.4. The molecule has 0 bridgehead atoms. The molecule has 142 valence electrons. The predicted molar refractivity (Wildman–Crippen MR) is 99.7 cm³/mol. The SMILES string of the molecule is CC1CC(C(=O)O)CN(C(=O)N[C@@H]2C[C@H]2c2cnn(-c3ccccc3)c2)C1. The van der Waals surface area contributed by atoms with Gasteiger partial charge in [0.25, 0.3) is 0 Å². The van der Waals surface area contributed by atoms with Crippen molar-refractivity contribution in [2.24, 2.45) is 11.8 Å². The van der Waals surface area contributed by atoms with Crippen LogP contribution in [0.5, 0.6) is 0 Å². The first-order chi connectivity index (χ1) is 13.0. The largest absolute Gasteiger partial charge is 0.481 e. The van der Waals surface area contributed by atoms with E-state index in [0.29, 0.717) is 13.0 Å². The number of piperidine rings is 1. The maximum Gasteiger partial charge on any atom is 0.317 e. The number of likely N-dealkylation sites (tertiary alicyclic amines) is 1. The number of amides is 2. The van der Waals surface area contributed by atoms with Crippen LogP contribution in [0.3, 0.4) is 0 Å². The second kappa shape index (κ2) is 7.06. The maximum absolute atomic E-state index is 12.6. The molecule has 1 aliphatic carbocycles. The molecule has 2 aliphatic rings. The number of urea groups is 1. The molecule has 2 aromatic rings. The molecule has 2 unspecified atom stereocenters. The number of rotatable bonds is 4. The summed E-state index contributed by atoms with van der Waals surface area (Å²) in [6.07, 6.45) is 5.38. The number of nitrogens with zero attached hydrogens (tertiary/aromatic N) is 3. The number of aliphatic carboxylic acids is 1. The molecule has 7 nitrogen and oxygen atoms in total. The van der Waals surface area contributed by atoms with Crippen molar-refractivity contribution >= 4 is 12.0 Å². The van der Waals surface area contributed by atoms with Gasteiger partial charge < -0.3 is 15.3 Å². The van der Waals surface area contributed by atoms with E-state index >= 15 is 0 Å². The van der Waals surface area contributed by atoms with E-state index in [1.807, 2.05) is 54.3 Å². The van der Waals surface area contributed by atoms with Gasteiger partial charge >= 0.3 is 12.0 Å². The fourth-order valence-electron chi connectivity index (χ4n) is 3.92. The molecule has 0 radical (unpaired) electrons. The fraction of sp³-hybridized carbons (Fsp3) is 0.450. The molecule has 1 aromatic carbocycles. The van der Waals surface area contributed by atoms with Crippen LogP contribution >= 0.6 is 0 Å². The summed E-state index contributed by atoms with van der Waals surface area (Å²) >= 11 is 0. The molecule has 7 heteroatoms.